The molecule has 2 heterocycles. The van der Waals surface area contributed by atoms with Crippen LogP contribution >= 0.6 is 0 Å². The molecule has 6 nitrogen and oxygen atoms in total. The van der Waals surface area contributed by atoms with E-state index in [2.05, 4.69) is 10.5 Å². The smallest absolute Gasteiger partial charge is 0.236 e. The van der Waals surface area contributed by atoms with Crippen molar-refractivity contribution in [1.82, 2.24) is 5.16 Å². The van der Waals surface area contributed by atoms with Crippen molar-refractivity contribution in [3.05, 3.63) is 54.4 Å². The molecule has 0 bridgehead atoms. The van der Waals surface area contributed by atoms with Crippen LogP contribution in [0.3, 0.4) is 0 Å². The summed E-state index contributed by atoms with van der Waals surface area (Å²) in [5.41, 5.74) is 0.627. The Kier molecular flexibility index (Phi) is 3.37. The van der Waals surface area contributed by atoms with Gasteiger partial charge in [-0.05, 0) is 37.1 Å². The third-order valence-corrected chi connectivity index (χ3v) is 4.30. The molecule has 2 aromatic heterocycles. The number of benzene rings is 1. The van der Waals surface area contributed by atoms with Crippen molar-refractivity contribution in [2.75, 3.05) is 12.4 Å². The SMILES string of the molecule is COc1ccccc1NC(=O)C1(c2cc(-c3ccco3)on2)CC1. The molecular formula is C18H16N2O4. The average molecular weight is 324 g/mol. The zero-order chi connectivity index (χ0) is 16.6. The van der Waals surface area contributed by atoms with E-state index in [9.17, 15) is 4.79 Å². The lowest BCUT2D eigenvalue weighted by Crippen LogP contribution is -2.28. The molecule has 0 saturated heterocycles. The summed E-state index contributed by atoms with van der Waals surface area (Å²) in [4.78, 5) is 12.8. The minimum Gasteiger partial charge on any atom is -0.495 e. The number of methoxy groups -OCH3 is 1. The number of hydrogen-bond donors (Lipinski definition) is 1. The van der Waals surface area contributed by atoms with Gasteiger partial charge in [0.05, 0.1) is 30.2 Å². The van der Waals surface area contributed by atoms with Gasteiger partial charge >= 0.3 is 0 Å². The number of nitrogens with one attached hydrogen (secondary N) is 1. The fraction of sp³-hybridized carbons (Fsp3) is 0.222. The number of hydrogen-bond acceptors (Lipinski definition) is 5. The minimum absolute atomic E-state index is 0.105. The molecule has 1 amide bonds. The molecule has 4 rings (SSSR count). The number of furan rings is 1. The highest BCUT2D eigenvalue weighted by molar-refractivity contribution is 6.02. The van der Waals surface area contributed by atoms with Gasteiger partial charge in [0.25, 0.3) is 0 Å². The van der Waals surface area contributed by atoms with Gasteiger partial charge in [0.15, 0.2) is 5.76 Å². The van der Waals surface area contributed by atoms with Crippen molar-refractivity contribution in [3.8, 4) is 17.3 Å². The summed E-state index contributed by atoms with van der Waals surface area (Å²) in [7, 11) is 1.57. The van der Waals surface area contributed by atoms with Crippen LogP contribution in [0.5, 0.6) is 5.75 Å². The Balaban J connectivity index is 1.58. The van der Waals surface area contributed by atoms with Crippen LogP contribution < -0.4 is 10.1 Å². The lowest BCUT2D eigenvalue weighted by atomic mass is 10.0. The summed E-state index contributed by atoms with van der Waals surface area (Å²) in [6.45, 7) is 0. The second-order valence-electron chi connectivity index (χ2n) is 5.79. The molecule has 0 atom stereocenters. The monoisotopic (exact) mass is 324 g/mol. The third kappa shape index (κ3) is 2.36. The highest BCUT2D eigenvalue weighted by Gasteiger charge is 2.54. The van der Waals surface area contributed by atoms with Gasteiger partial charge < -0.3 is 19.0 Å². The minimum atomic E-state index is -0.644. The number of aromatic nitrogens is 1. The van der Waals surface area contributed by atoms with E-state index in [0.29, 0.717) is 28.7 Å². The maximum absolute atomic E-state index is 12.8. The zero-order valence-electron chi connectivity index (χ0n) is 13.1. The molecule has 1 aliphatic rings. The van der Waals surface area contributed by atoms with Gasteiger partial charge in [0.1, 0.15) is 5.75 Å². The Bertz CT molecular complexity index is 863. The first-order chi connectivity index (χ1) is 11.7. The summed E-state index contributed by atoms with van der Waals surface area (Å²) < 4.78 is 15.9. The van der Waals surface area contributed by atoms with Crippen molar-refractivity contribution in [1.29, 1.82) is 0 Å². The van der Waals surface area contributed by atoms with E-state index in [4.69, 9.17) is 13.7 Å². The average Bonchev–Trinajstić information content (AvgIpc) is 3.02. The summed E-state index contributed by atoms with van der Waals surface area (Å²) in [6, 6.07) is 12.7. The van der Waals surface area contributed by atoms with Gasteiger partial charge in [0, 0.05) is 6.07 Å². The molecule has 122 valence electrons. The quantitative estimate of drug-likeness (QED) is 0.775. The number of ether oxygens (including phenoxy) is 1. The van der Waals surface area contributed by atoms with E-state index in [1.54, 1.807) is 37.6 Å². The molecule has 0 radical (unpaired) electrons. The largest absolute Gasteiger partial charge is 0.495 e. The van der Waals surface area contributed by atoms with Crippen LogP contribution in [0.1, 0.15) is 18.5 Å². The van der Waals surface area contributed by atoms with Crippen molar-refractivity contribution in [3.63, 3.8) is 0 Å². The summed E-state index contributed by atoms with van der Waals surface area (Å²) in [5, 5.41) is 7.02. The molecule has 1 aromatic carbocycles. The number of carbonyl (C=O) groups excluding carboxylic acids is 1. The van der Waals surface area contributed by atoms with Crippen molar-refractivity contribution in [2.45, 2.75) is 18.3 Å². The van der Waals surface area contributed by atoms with Crippen LogP contribution in [-0.4, -0.2) is 18.2 Å². The van der Waals surface area contributed by atoms with Crippen molar-refractivity contribution >= 4 is 11.6 Å². The number of nitrogens with zero attached hydrogens (tertiary/aromatic N) is 1. The lowest BCUT2D eigenvalue weighted by Gasteiger charge is -2.14. The van der Waals surface area contributed by atoms with E-state index in [0.717, 1.165) is 12.8 Å². The van der Waals surface area contributed by atoms with E-state index >= 15 is 0 Å². The predicted molar refractivity (Wildman–Crippen MR) is 86.7 cm³/mol. The topological polar surface area (TPSA) is 77.5 Å². The van der Waals surface area contributed by atoms with E-state index < -0.39 is 5.41 Å². The second-order valence-corrected chi connectivity index (χ2v) is 5.79. The highest BCUT2D eigenvalue weighted by Crippen LogP contribution is 2.49. The van der Waals surface area contributed by atoms with Gasteiger partial charge in [-0.15, -0.1) is 0 Å². The number of anilines is 1. The van der Waals surface area contributed by atoms with E-state index in [-0.39, 0.29) is 5.91 Å². The molecule has 0 unspecified atom stereocenters. The number of rotatable bonds is 5. The maximum atomic E-state index is 12.8. The third-order valence-electron chi connectivity index (χ3n) is 4.30. The molecule has 1 aliphatic carbocycles. The Labute approximate surface area is 138 Å². The van der Waals surface area contributed by atoms with Crippen LogP contribution in [0.4, 0.5) is 5.69 Å². The summed E-state index contributed by atoms with van der Waals surface area (Å²) in [5.74, 6) is 1.63. The fourth-order valence-corrected chi connectivity index (χ4v) is 2.75. The molecule has 0 spiro atoms. The lowest BCUT2D eigenvalue weighted by molar-refractivity contribution is -0.118. The van der Waals surface area contributed by atoms with Crippen LogP contribution in [0.25, 0.3) is 11.5 Å². The van der Waals surface area contributed by atoms with Gasteiger partial charge in [0.2, 0.25) is 11.7 Å². The fourth-order valence-electron chi connectivity index (χ4n) is 2.75. The molecule has 0 aliphatic heterocycles. The molecule has 3 aromatic rings. The number of para-hydroxylation sites is 2. The molecule has 1 saturated carbocycles. The van der Waals surface area contributed by atoms with Gasteiger partial charge in [-0.2, -0.15) is 0 Å². The summed E-state index contributed by atoms with van der Waals surface area (Å²) in [6.07, 6.45) is 3.04. The summed E-state index contributed by atoms with van der Waals surface area (Å²) >= 11 is 0. The Morgan fingerprint density at radius 1 is 1.21 bits per heavy atom. The van der Waals surface area contributed by atoms with Gasteiger partial charge in [-0.3, -0.25) is 4.79 Å². The standard InChI is InChI=1S/C18H16N2O4/c1-22-13-6-3-2-5-12(13)19-17(21)18(8-9-18)16-11-15(24-20-16)14-7-4-10-23-14/h2-7,10-11H,8-9H2,1H3,(H,19,21). The van der Waals surface area contributed by atoms with Crippen LogP contribution in [0.15, 0.2) is 57.7 Å². The number of amides is 1. The van der Waals surface area contributed by atoms with E-state index in [1.807, 2.05) is 18.2 Å². The first kappa shape index (κ1) is 14.6. The van der Waals surface area contributed by atoms with Crippen LogP contribution in [0, 0.1) is 0 Å². The first-order valence-corrected chi connectivity index (χ1v) is 7.68. The van der Waals surface area contributed by atoms with Gasteiger partial charge in [-0.1, -0.05) is 17.3 Å². The molecule has 1 N–H and O–H groups in total. The predicted octanol–water partition coefficient (Wildman–Crippen LogP) is 3.61. The number of carbonyl (C=O) groups is 1. The second kappa shape index (κ2) is 5.56. The highest BCUT2D eigenvalue weighted by atomic mass is 16.5. The Morgan fingerprint density at radius 3 is 2.75 bits per heavy atom. The Morgan fingerprint density at radius 2 is 2.04 bits per heavy atom. The van der Waals surface area contributed by atoms with Crippen LogP contribution in [-0.2, 0) is 10.2 Å². The van der Waals surface area contributed by atoms with Crippen molar-refractivity contribution in [2.24, 2.45) is 0 Å². The van der Waals surface area contributed by atoms with Crippen LogP contribution in [0.2, 0.25) is 0 Å². The Hall–Kier alpha value is -3.02. The first-order valence-electron chi connectivity index (χ1n) is 7.68. The zero-order valence-corrected chi connectivity index (χ0v) is 13.1. The van der Waals surface area contributed by atoms with Crippen molar-refractivity contribution < 1.29 is 18.5 Å². The van der Waals surface area contributed by atoms with Gasteiger partial charge in [-0.25, -0.2) is 0 Å². The molecule has 6 heteroatoms. The van der Waals surface area contributed by atoms with E-state index in [1.165, 1.54) is 0 Å². The molecular weight excluding hydrogens is 308 g/mol. The molecule has 1 fully saturated rings. The maximum Gasteiger partial charge on any atom is 0.236 e. The molecule has 24 heavy (non-hydrogen) atoms. The normalized spacial score (nSPS) is 15.0.